The summed E-state index contributed by atoms with van der Waals surface area (Å²) in [4.78, 5) is 1.08. The van der Waals surface area contributed by atoms with Crippen LogP contribution >= 0.6 is 24.0 Å². The summed E-state index contributed by atoms with van der Waals surface area (Å²) in [5.74, 6) is 0. The van der Waals surface area contributed by atoms with Gasteiger partial charge >= 0.3 is 0 Å². The van der Waals surface area contributed by atoms with Gasteiger partial charge in [-0.3, -0.25) is 0 Å². The molecule has 0 N–H and O–H groups in total. The maximum absolute atomic E-state index is 4.53. The highest BCUT2D eigenvalue weighted by Gasteiger charge is 2.08. The number of hydrogen-bond acceptors (Lipinski definition) is 2. The second kappa shape index (κ2) is 3.86. The number of rotatable bonds is 0. The van der Waals surface area contributed by atoms with Crippen LogP contribution in [0.2, 0.25) is 0 Å². The van der Waals surface area contributed by atoms with Crippen LogP contribution < -0.4 is 16.4 Å². The van der Waals surface area contributed by atoms with Gasteiger partial charge in [-0.25, -0.2) is 0 Å². The van der Waals surface area contributed by atoms with Crippen LogP contribution in [-0.2, 0) is 0 Å². The van der Waals surface area contributed by atoms with E-state index in [1.54, 1.807) is 0 Å². The molecule has 0 spiro atoms. The molecule has 0 aliphatic carbocycles. The predicted octanol–water partition coefficient (Wildman–Crippen LogP) is -0.882. The Morgan fingerprint density at radius 2 is 1.29 bits per heavy atom. The van der Waals surface area contributed by atoms with Crippen LogP contribution in [0.3, 0.4) is 0 Å². The lowest BCUT2D eigenvalue weighted by Crippen LogP contribution is -2.24. The first-order chi connectivity index (χ1) is 8.06. The molecule has 0 amide bonds. The number of benzene rings is 2. The number of fused-ring (bicyclic) bond motifs is 3. The zero-order chi connectivity index (χ0) is 12.2. The first kappa shape index (κ1) is 11.3. The molecule has 1 heterocycles. The van der Waals surface area contributed by atoms with E-state index in [0.717, 1.165) is 4.90 Å². The third-order valence-electron chi connectivity index (χ3n) is 3.40. The second-order valence-electron chi connectivity index (χ2n) is 4.67. The Morgan fingerprint density at radius 1 is 0.765 bits per heavy atom. The molecule has 0 aliphatic heterocycles. The zero-order valence-corrected chi connectivity index (χ0v) is 11.9. The van der Waals surface area contributed by atoms with E-state index in [1.807, 2.05) is 11.3 Å². The van der Waals surface area contributed by atoms with Crippen LogP contribution in [0.1, 0.15) is 0 Å². The predicted molar refractivity (Wildman–Crippen MR) is 91.1 cm³/mol. The first-order valence-electron chi connectivity index (χ1n) is 5.69. The van der Waals surface area contributed by atoms with Gasteiger partial charge in [0, 0.05) is 14.8 Å². The average Bonchev–Trinajstić information content (AvgIpc) is 2.58. The molecule has 5 heteroatoms. The number of thiophene rings is 1. The van der Waals surface area contributed by atoms with Crippen molar-refractivity contribution in [1.29, 1.82) is 0 Å². The van der Waals surface area contributed by atoms with Crippen molar-refractivity contribution in [2.75, 3.05) is 0 Å². The molecular formula is C12H11B3S2. The van der Waals surface area contributed by atoms with Crippen molar-refractivity contribution in [3.8, 4) is 0 Å². The third kappa shape index (κ3) is 1.72. The first-order valence-corrected chi connectivity index (χ1v) is 6.95. The fraction of sp³-hybridized carbons (Fsp3) is 0. The van der Waals surface area contributed by atoms with Crippen molar-refractivity contribution < 1.29 is 0 Å². The minimum absolute atomic E-state index is 1.08. The summed E-state index contributed by atoms with van der Waals surface area (Å²) >= 11 is 6.40. The molecule has 0 aliphatic rings. The lowest BCUT2D eigenvalue weighted by Gasteiger charge is -2.01. The molecule has 0 unspecified atom stereocenters. The van der Waals surface area contributed by atoms with Gasteiger partial charge in [0.2, 0.25) is 0 Å². The van der Waals surface area contributed by atoms with E-state index in [1.165, 1.54) is 36.6 Å². The monoisotopic (exact) mass is 252 g/mol. The molecule has 0 saturated carbocycles. The third-order valence-corrected chi connectivity index (χ3v) is 5.00. The lowest BCUT2D eigenvalue weighted by atomic mass is 9.80. The van der Waals surface area contributed by atoms with Crippen LogP contribution in [0.15, 0.2) is 29.2 Å². The summed E-state index contributed by atoms with van der Waals surface area (Å²) in [7, 11) is 6.46. The van der Waals surface area contributed by atoms with Gasteiger partial charge in [-0.05, 0) is 22.4 Å². The maximum atomic E-state index is 4.53. The molecular weight excluding hydrogens is 241 g/mol. The van der Waals surface area contributed by atoms with Gasteiger partial charge in [0.25, 0.3) is 0 Å². The largest absolute Gasteiger partial charge is 0.144 e. The summed E-state index contributed by atoms with van der Waals surface area (Å²) in [6.45, 7) is 0. The van der Waals surface area contributed by atoms with Crippen LogP contribution in [0.25, 0.3) is 20.2 Å². The van der Waals surface area contributed by atoms with E-state index in [9.17, 15) is 0 Å². The van der Waals surface area contributed by atoms with Gasteiger partial charge in [-0.2, -0.15) is 0 Å². The molecule has 0 atom stereocenters. The van der Waals surface area contributed by atoms with E-state index in [4.69, 9.17) is 0 Å². The summed E-state index contributed by atoms with van der Waals surface area (Å²) < 4.78 is 2.74. The Labute approximate surface area is 113 Å². The van der Waals surface area contributed by atoms with Crippen LogP contribution in [0.5, 0.6) is 0 Å². The lowest BCUT2D eigenvalue weighted by molar-refractivity contribution is 1.62. The molecule has 80 valence electrons. The van der Waals surface area contributed by atoms with Crippen LogP contribution in [-0.4, -0.2) is 23.5 Å². The Balaban J connectivity index is 2.51. The van der Waals surface area contributed by atoms with Crippen molar-refractivity contribution >= 4 is 84.1 Å². The minimum Gasteiger partial charge on any atom is -0.144 e. The van der Waals surface area contributed by atoms with Crippen LogP contribution in [0.4, 0.5) is 0 Å². The molecule has 3 rings (SSSR count). The molecule has 3 aromatic rings. The van der Waals surface area contributed by atoms with E-state index in [2.05, 4.69) is 60.4 Å². The Bertz CT molecular complexity index is 684. The molecule has 0 bridgehead atoms. The van der Waals surface area contributed by atoms with Crippen molar-refractivity contribution in [3.63, 3.8) is 0 Å². The van der Waals surface area contributed by atoms with Gasteiger partial charge < -0.3 is 0 Å². The van der Waals surface area contributed by atoms with Crippen molar-refractivity contribution in [1.82, 2.24) is 0 Å². The van der Waals surface area contributed by atoms with Crippen molar-refractivity contribution in [2.24, 2.45) is 0 Å². The quantitative estimate of drug-likeness (QED) is 0.389. The normalized spacial score (nSPS) is 11.4. The summed E-state index contributed by atoms with van der Waals surface area (Å²) in [5.41, 5.74) is 3.98. The van der Waals surface area contributed by atoms with E-state index in [-0.39, 0.29) is 0 Å². The fourth-order valence-corrected chi connectivity index (χ4v) is 3.63. The molecule has 0 saturated heterocycles. The molecule has 0 nitrogen and oxygen atoms in total. The smallest absolute Gasteiger partial charge is 0.140 e. The minimum atomic E-state index is 1.08. The Morgan fingerprint density at radius 3 is 2.00 bits per heavy atom. The molecule has 17 heavy (non-hydrogen) atoms. The highest BCUT2D eigenvalue weighted by Crippen LogP contribution is 2.33. The van der Waals surface area contributed by atoms with Crippen LogP contribution in [0, 0.1) is 0 Å². The summed E-state index contributed by atoms with van der Waals surface area (Å²) in [6.07, 6.45) is 0. The number of hydrogen-bond donors (Lipinski definition) is 1. The highest BCUT2D eigenvalue weighted by atomic mass is 32.1. The molecule has 1 aromatic heterocycles. The van der Waals surface area contributed by atoms with Gasteiger partial charge in [-0.1, -0.05) is 28.5 Å². The molecule has 0 radical (unpaired) electrons. The van der Waals surface area contributed by atoms with Gasteiger partial charge in [0.1, 0.15) is 23.5 Å². The molecule has 2 aromatic carbocycles. The highest BCUT2D eigenvalue weighted by molar-refractivity contribution is 7.80. The Kier molecular flexibility index (Phi) is 2.56. The van der Waals surface area contributed by atoms with Crippen molar-refractivity contribution in [2.45, 2.75) is 4.90 Å². The van der Waals surface area contributed by atoms with Gasteiger partial charge in [0.05, 0.1) is 0 Å². The summed E-state index contributed by atoms with van der Waals surface area (Å²) in [5, 5.41) is 2.70. The zero-order valence-electron chi connectivity index (χ0n) is 10.2. The van der Waals surface area contributed by atoms with Crippen molar-refractivity contribution in [3.05, 3.63) is 24.3 Å². The van der Waals surface area contributed by atoms with Gasteiger partial charge in [0.15, 0.2) is 0 Å². The standard InChI is InChI=1S/C12H11B3S2/c13-7-1-5-6-2-10(16)9(15)4-12(6)17-11(5)3-8(7)14/h1-4,16H,13-15H2. The fourth-order valence-electron chi connectivity index (χ4n) is 2.17. The van der Waals surface area contributed by atoms with E-state index >= 15 is 0 Å². The maximum Gasteiger partial charge on any atom is 0.140 e. The van der Waals surface area contributed by atoms with E-state index in [0.29, 0.717) is 0 Å². The van der Waals surface area contributed by atoms with Gasteiger partial charge in [-0.15, -0.1) is 24.0 Å². The Hall–Kier alpha value is -0.795. The number of thiol groups is 1. The van der Waals surface area contributed by atoms with E-state index < -0.39 is 0 Å². The summed E-state index contributed by atoms with van der Waals surface area (Å²) in [6, 6.07) is 9.03. The molecule has 0 fully saturated rings. The second-order valence-corrected chi connectivity index (χ2v) is 6.24. The average molecular weight is 252 g/mol. The topological polar surface area (TPSA) is 0 Å². The SMILES string of the molecule is Bc1cc2sc3cc(B)c(S)cc3c2cc1B.